The summed E-state index contributed by atoms with van der Waals surface area (Å²) in [6, 6.07) is 9.99. The largest absolute Gasteiger partial charge is 0.496 e. The van der Waals surface area contributed by atoms with Crippen LogP contribution in [-0.4, -0.2) is 19.1 Å². The van der Waals surface area contributed by atoms with Gasteiger partial charge in [0.25, 0.3) is 0 Å². The molecule has 1 aromatic heterocycles. The second-order valence-electron chi connectivity index (χ2n) is 7.46. The van der Waals surface area contributed by atoms with Gasteiger partial charge in [0.05, 0.1) is 7.11 Å². The Bertz CT molecular complexity index is 1030. The van der Waals surface area contributed by atoms with Gasteiger partial charge in [0.2, 0.25) is 0 Å². The number of fused-ring (bicyclic) bond motifs is 1. The SMILES string of the molecule is COc1c(C)cc(CN(C)Cc2cc(=O)oc3cc(C)c(C)cc23)cc1C. The van der Waals surface area contributed by atoms with Crippen molar-refractivity contribution in [3.63, 3.8) is 0 Å². The fourth-order valence-electron chi connectivity index (χ4n) is 3.73. The third-order valence-corrected chi connectivity index (χ3v) is 5.06. The minimum atomic E-state index is -0.301. The fraction of sp³-hybridized carbons (Fsp3) is 0.348. The maximum Gasteiger partial charge on any atom is 0.336 e. The summed E-state index contributed by atoms with van der Waals surface area (Å²) < 4.78 is 10.9. The van der Waals surface area contributed by atoms with E-state index in [0.717, 1.165) is 39.9 Å². The van der Waals surface area contributed by atoms with Crippen LogP contribution in [0.1, 0.15) is 33.4 Å². The third-order valence-electron chi connectivity index (χ3n) is 5.06. The van der Waals surface area contributed by atoms with Crippen molar-refractivity contribution < 1.29 is 9.15 Å². The van der Waals surface area contributed by atoms with E-state index in [1.54, 1.807) is 13.2 Å². The van der Waals surface area contributed by atoms with Gasteiger partial charge in [-0.05, 0) is 80.3 Å². The van der Waals surface area contributed by atoms with Gasteiger partial charge >= 0.3 is 5.63 Å². The molecule has 0 aliphatic carbocycles. The van der Waals surface area contributed by atoms with Crippen LogP contribution in [0.5, 0.6) is 5.75 Å². The summed E-state index contributed by atoms with van der Waals surface area (Å²) in [5, 5.41) is 1.01. The predicted molar refractivity (Wildman–Crippen MR) is 110 cm³/mol. The molecule has 0 aliphatic rings. The zero-order valence-corrected chi connectivity index (χ0v) is 17.0. The predicted octanol–water partition coefficient (Wildman–Crippen LogP) is 4.67. The molecular weight excluding hydrogens is 338 g/mol. The molecule has 0 atom stereocenters. The number of benzene rings is 2. The molecule has 0 radical (unpaired) electrons. The summed E-state index contributed by atoms with van der Waals surface area (Å²) in [6.07, 6.45) is 0. The molecule has 0 bridgehead atoms. The fourth-order valence-corrected chi connectivity index (χ4v) is 3.73. The van der Waals surface area contributed by atoms with Crippen molar-refractivity contribution in [3.05, 3.63) is 74.1 Å². The smallest absolute Gasteiger partial charge is 0.336 e. The molecule has 142 valence electrons. The van der Waals surface area contributed by atoms with Crippen molar-refractivity contribution in [1.29, 1.82) is 0 Å². The van der Waals surface area contributed by atoms with E-state index in [4.69, 9.17) is 9.15 Å². The molecule has 0 N–H and O–H groups in total. The molecule has 3 aromatic rings. The Morgan fingerprint density at radius 3 is 2.15 bits per heavy atom. The number of ether oxygens (including phenoxy) is 1. The molecule has 4 nitrogen and oxygen atoms in total. The van der Waals surface area contributed by atoms with Gasteiger partial charge in [-0.15, -0.1) is 0 Å². The Labute approximate surface area is 160 Å². The van der Waals surface area contributed by atoms with Gasteiger partial charge < -0.3 is 9.15 Å². The van der Waals surface area contributed by atoms with Crippen molar-refractivity contribution in [2.75, 3.05) is 14.2 Å². The molecule has 4 heteroatoms. The third kappa shape index (κ3) is 4.06. The molecule has 0 saturated carbocycles. The lowest BCUT2D eigenvalue weighted by molar-refractivity contribution is 0.319. The first-order valence-corrected chi connectivity index (χ1v) is 9.15. The van der Waals surface area contributed by atoms with Crippen LogP contribution >= 0.6 is 0 Å². The van der Waals surface area contributed by atoms with Gasteiger partial charge in [-0.25, -0.2) is 4.79 Å². The van der Waals surface area contributed by atoms with Gasteiger partial charge in [0.15, 0.2) is 0 Å². The Morgan fingerprint density at radius 1 is 0.889 bits per heavy atom. The average Bonchev–Trinajstić information content (AvgIpc) is 2.56. The van der Waals surface area contributed by atoms with Crippen LogP contribution in [0.25, 0.3) is 11.0 Å². The van der Waals surface area contributed by atoms with Gasteiger partial charge in [0, 0.05) is 24.5 Å². The molecule has 3 rings (SSSR count). The molecular formula is C23H27NO3. The Kier molecular flexibility index (Phi) is 5.38. The second kappa shape index (κ2) is 7.57. The molecule has 2 aromatic carbocycles. The number of rotatable bonds is 5. The highest BCUT2D eigenvalue weighted by Crippen LogP contribution is 2.26. The van der Waals surface area contributed by atoms with E-state index in [1.807, 2.05) is 13.0 Å². The van der Waals surface area contributed by atoms with Crippen LogP contribution in [0.2, 0.25) is 0 Å². The standard InChI is InChI=1S/C23H27NO3/c1-14-9-20-19(11-22(25)27-21(20)10-15(14)2)13-24(5)12-18-7-16(3)23(26-6)17(4)8-18/h7-11H,12-13H2,1-6H3. The van der Waals surface area contributed by atoms with Crippen LogP contribution in [-0.2, 0) is 13.1 Å². The number of nitrogens with zero attached hydrogens (tertiary/aromatic N) is 1. The highest BCUT2D eigenvalue weighted by Gasteiger charge is 2.12. The molecule has 1 heterocycles. The average molecular weight is 365 g/mol. The zero-order valence-electron chi connectivity index (χ0n) is 17.0. The first-order valence-electron chi connectivity index (χ1n) is 9.15. The van der Waals surface area contributed by atoms with Gasteiger partial charge in [-0.2, -0.15) is 0 Å². The number of methoxy groups -OCH3 is 1. The molecule has 0 aliphatic heterocycles. The first-order chi connectivity index (χ1) is 12.8. The summed E-state index contributed by atoms with van der Waals surface area (Å²) >= 11 is 0. The molecule has 0 spiro atoms. The van der Waals surface area contributed by atoms with Gasteiger partial charge in [-0.3, -0.25) is 4.90 Å². The first kappa shape index (κ1) is 19.2. The van der Waals surface area contributed by atoms with Gasteiger partial charge in [-0.1, -0.05) is 12.1 Å². The van der Waals surface area contributed by atoms with Crippen LogP contribution in [0, 0.1) is 27.7 Å². The summed E-state index contributed by atoms with van der Waals surface area (Å²) in [5.74, 6) is 0.943. The summed E-state index contributed by atoms with van der Waals surface area (Å²) in [4.78, 5) is 14.2. The van der Waals surface area contributed by atoms with Crippen LogP contribution in [0.15, 0.2) is 39.5 Å². The Morgan fingerprint density at radius 2 is 1.52 bits per heavy atom. The Balaban J connectivity index is 1.89. The molecule has 0 fully saturated rings. The van der Waals surface area contributed by atoms with Crippen molar-refractivity contribution in [1.82, 2.24) is 4.90 Å². The number of hydrogen-bond donors (Lipinski definition) is 0. The number of hydrogen-bond acceptors (Lipinski definition) is 4. The maximum atomic E-state index is 12.0. The lowest BCUT2D eigenvalue weighted by Gasteiger charge is -2.19. The van der Waals surface area contributed by atoms with Crippen molar-refractivity contribution >= 4 is 11.0 Å². The molecule has 0 saturated heterocycles. The highest BCUT2D eigenvalue weighted by atomic mass is 16.5. The lowest BCUT2D eigenvalue weighted by Crippen LogP contribution is -2.19. The van der Waals surface area contributed by atoms with Gasteiger partial charge in [0.1, 0.15) is 11.3 Å². The summed E-state index contributed by atoms with van der Waals surface area (Å²) in [6.45, 7) is 9.71. The minimum Gasteiger partial charge on any atom is -0.496 e. The van der Waals surface area contributed by atoms with E-state index in [1.165, 1.54) is 11.1 Å². The van der Waals surface area contributed by atoms with Crippen LogP contribution in [0.3, 0.4) is 0 Å². The summed E-state index contributed by atoms with van der Waals surface area (Å²) in [7, 11) is 3.77. The Hall–Kier alpha value is -2.59. The van der Waals surface area contributed by atoms with E-state index in [9.17, 15) is 4.79 Å². The second-order valence-corrected chi connectivity index (χ2v) is 7.46. The van der Waals surface area contributed by atoms with Crippen molar-refractivity contribution in [2.24, 2.45) is 0 Å². The monoisotopic (exact) mass is 365 g/mol. The van der Waals surface area contributed by atoms with E-state index >= 15 is 0 Å². The van der Waals surface area contributed by atoms with E-state index in [0.29, 0.717) is 12.1 Å². The topological polar surface area (TPSA) is 42.7 Å². The lowest BCUT2D eigenvalue weighted by atomic mass is 10.0. The quantitative estimate of drug-likeness (QED) is 0.617. The molecule has 27 heavy (non-hydrogen) atoms. The maximum absolute atomic E-state index is 12.0. The van der Waals surface area contributed by atoms with E-state index in [-0.39, 0.29) is 5.63 Å². The molecule has 0 unspecified atom stereocenters. The highest BCUT2D eigenvalue weighted by molar-refractivity contribution is 5.81. The number of aryl methyl sites for hydroxylation is 4. The normalized spacial score (nSPS) is 11.4. The van der Waals surface area contributed by atoms with Crippen LogP contribution in [0.4, 0.5) is 0 Å². The van der Waals surface area contributed by atoms with E-state index < -0.39 is 0 Å². The van der Waals surface area contributed by atoms with Crippen molar-refractivity contribution in [3.8, 4) is 5.75 Å². The van der Waals surface area contributed by atoms with E-state index in [2.05, 4.69) is 50.9 Å². The van der Waals surface area contributed by atoms with Crippen molar-refractivity contribution in [2.45, 2.75) is 40.8 Å². The molecule has 0 amide bonds. The zero-order chi connectivity index (χ0) is 19.7. The minimum absolute atomic E-state index is 0.301. The van der Waals surface area contributed by atoms with Crippen LogP contribution < -0.4 is 10.4 Å². The summed E-state index contributed by atoms with van der Waals surface area (Å²) in [5.41, 5.74) is 7.18.